The van der Waals surface area contributed by atoms with Gasteiger partial charge in [-0.05, 0) is 12.8 Å². The summed E-state index contributed by atoms with van der Waals surface area (Å²) in [7, 11) is -3.59. The van der Waals surface area contributed by atoms with Gasteiger partial charge in [0.2, 0.25) is 0 Å². The molecule has 98 valence electrons. The fourth-order valence-electron chi connectivity index (χ4n) is 2.09. The van der Waals surface area contributed by atoms with E-state index in [2.05, 4.69) is 0 Å². The topological polar surface area (TPSA) is 77.9 Å². The second kappa shape index (κ2) is 5.13. The van der Waals surface area contributed by atoms with Crippen LogP contribution in [-0.4, -0.2) is 58.9 Å². The van der Waals surface area contributed by atoms with Crippen molar-refractivity contribution in [3.05, 3.63) is 0 Å². The van der Waals surface area contributed by atoms with E-state index in [1.54, 1.807) is 0 Å². The lowest BCUT2D eigenvalue weighted by Crippen LogP contribution is -2.50. The largest absolute Gasteiger partial charge is 0.480 e. The molecular weight excluding hydrogens is 264 g/mol. The molecule has 2 aliphatic rings. The number of carboxylic acids is 1. The number of thioether (sulfide) groups is 1. The van der Waals surface area contributed by atoms with Crippen LogP contribution < -0.4 is 0 Å². The second-order valence-electron chi connectivity index (χ2n) is 4.21. The highest BCUT2D eigenvalue weighted by molar-refractivity contribution is 8.00. The zero-order chi connectivity index (χ0) is 12.5. The number of carbonyl (C=O) groups is 1. The average Bonchev–Trinajstić information content (AvgIpc) is 2.80. The van der Waals surface area contributed by atoms with Gasteiger partial charge in [0, 0.05) is 18.8 Å². The summed E-state index contributed by atoms with van der Waals surface area (Å²) in [5, 5.41) is 9.01. The number of piperidine rings is 1. The minimum Gasteiger partial charge on any atom is -0.480 e. The molecule has 2 saturated heterocycles. The lowest BCUT2D eigenvalue weighted by atomic mass is 10.2. The average molecular weight is 280 g/mol. The van der Waals surface area contributed by atoms with Crippen LogP contribution in [0, 0.1) is 0 Å². The Bertz CT molecular complexity index is 392. The molecule has 1 N–H and O–H groups in total. The van der Waals surface area contributed by atoms with Gasteiger partial charge >= 0.3 is 5.97 Å². The predicted molar refractivity (Wildman–Crippen MR) is 64.9 cm³/mol. The van der Waals surface area contributed by atoms with E-state index in [1.807, 2.05) is 0 Å². The van der Waals surface area contributed by atoms with Crippen molar-refractivity contribution in [1.29, 1.82) is 0 Å². The Morgan fingerprint density at radius 3 is 2.47 bits per heavy atom. The molecule has 2 aliphatic heterocycles. The second-order valence-corrected chi connectivity index (χ2v) is 7.09. The van der Waals surface area contributed by atoms with Gasteiger partial charge in [0.05, 0.1) is 5.88 Å². The summed E-state index contributed by atoms with van der Waals surface area (Å²) in [6.07, 6.45) is 2.76. The Kier molecular flexibility index (Phi) is 3.96. The van der Waals surface area contributed by atoms with Crippen LogP contribution in [0.1, 0.15) is 19.3 Å². The summed E-state index contributed by atoms with van der Waals surface area (Å²) in [4.78, 5) is 11.0. The van der Waals surface area contributed by atoms with Crippen molar-refractivity contribution in [2.24, 2.45) is 0 Å². The first-order valence-electron chi connectivity index (χ1n) is 5.61. The zero-order valence-electron chi connectivity index (χ0n) is 9.41. The minimum absolute atomic E-state index is 0.246. The Balaban J connectivity index is 2.16. The maximum Gasteiger partial charge on any atom is 0.322 e. The molecule has 17 heavy (non-hydrogen) atoms. The highest BCUT2D eigenvalue weighted by atomic mass is 32.2. The van der Waals surface area contributed by atoms with Gasteiger partial charge in [0.1, 0.15) is 6.04 Å². The Hall–Kier alpha value is -0.310. The number of carboxylic acid groups (broad SMARTS) is 1. The molecule has 1 unspecified atom stereocenters. The third kappa shape index (κ3) is 2.59. The predicted octanol–water partition coefficient (Wildman–Crippen LogP) is 0.177. The number of hydrogen-bond donors (Lipinski definition) is 1. The first-order valence-corrected chi connectivity index (χ1v) is 8.16. The summed E-state index contributed by atoms with van der Waals surface area (Å²) in [5.41, 5.74) is 0. The molecule has 0 saturated carbocycles. The van der Waals surface area contributed by atoms with Crippen molar-refractivity contribution in [3.63, 3.8) is 0 Å². The highest BCUT2D eigenvalue weighted by Crippen LogP contribution is 2.27. The Morgan fingerprint density at radius 1 is 1.24 bits per heavy atom. The molecule has 0 amide bonds. The fourth-order valence-corrected chi connectivity index (χ4v) is 5.46. The van der Waals surface area contributed by atoms with Crippen LogP contribution in [-0.2, 0) is 15.0 Å². The van der Waals surface area contributed by atoms with Crippen LogP contribution in [0.2, 0.25) is 0 Å². The van der Waals surface area contributed by atoms with E-state index in [0.29, 0.717) is 18.8 Å². The van der Waals surface area contributed by atoms with Crippen molar-refractivity contribution in [3.8, 4) is 0 Å². The maximum absolute atomic E-state index is 12.3. The van der Waals surface area contributed by atoms with E-state index in [1.165, 1.54) is 16.1 Å². The SMILES string of the molecule is O=C(O)C1CSCN1S(=O)(=O)N1CCCCC1. The minimum atomic E-state index is -3.59. The normalized spacial score (nSPS) is 28.4. The van der Waals surface area contributed by atoms with Crippen LogP contribution in [0.25, 0.3) is 0 Å². The fraction of sp³-hybridized carbons (Fsp3) is 0.889. The van der Waals surface area contributed by atoms with Gasteiger partial charge in [0.25, 0.3) is 10.2 Å². The molecule has 0 radical (unpaired) electrons. The zero-order valence-corrected chi connectivity index (χ0v) is 11.0. The van der Waals surface area contributed by atoms with Gasteiger partial charge in [-0.15, -0.1) is 11.8 Å². The van der Waals surface area contributed by atoms with Crippen molar-refractivity contribution in [2.75, 3.05) is 24.7 Å². The molecule has 0 aromatic rings. The van der Waals surface area contributed by atoms with Crippen LogP contribution in [0.4, 0.5) is 0 Å². The summed E-state index contributed by atoms with van der Waals surface area (Å²) < 4.78 is 27.1. The third-order valence-corrected chi connectivity index (χ3v) is 6.23. The molecule has 2 fully saturated rings. The number of hydrogen-bond acceptors (Lipinski definition) is 4. The van der Waals surface area contributed by atoms with Gasteiger partial charge in [0.15, 0.2) is 0 Å². The lowest BCUT2D eigenvalue weighted by Gasteiger charge is -2.31. The van der Waals surface area contributed by atoms with E-state index in [-0.39, 0.29) is 5.88 Å². The third-order valence-electron chi connectivity index (χ3n) is 3.06. The molecular formula is C9H16N2O4S2. The molecule has 0 bridgehead atoms. The number of nitrogens with zero attached hydrogens (tertiary/aromatic N) is 2. The molecule has 1 atom stereocenters. The lowest BCUT2D eigenvalue weighted by molar-refractivity contribution is -0.140. The van der Waals surface area contributed by atoms with Crippen molar-refractivity contribution < 1.29 is 18.3 Å². The maximum atomic E-state index is 12.3. The number of rotatable bonds is 3. The van der Waals surface area contributed by atoms with Gasteiger partial charge in [-0.3, -0.25) is 4.79 Å². The van der Waals surface area contributed by atoms with E-state index in [9.17, 15) is 13.2 Å². The summed E-state index contributed by atoms with van der Waals surface area (Å²) in [6, 6.07) is -0.910. The molecule has 0 aromatic carbocycles. The van der Waals surface area contributed by atoms with Gasteiger partial charge < -0.3 is 5.11 Å². The van der Waals surface area contributed by atoms with Gasteiger partial charge in [-0.1, -0.05) is 6.42 Å². The quantitative estimate of drug-likeness (QED) is 0.797. The van der Waals surface area contributed by atoms with E-state index < -0.39 is 22.2 Å². The molecule has 0 aliphatic carbocycles. The van der Waals surface area contributed by atoms with Crippen LogP contribution in [0.15, 0.2) is 0 Å². The highest BCUT2D eigenvalue weighted by Gasteiger charge is 2.42. The molecule has 2 rings (SSSR count). The Morgan fingerprint density at radius 2 is 1.88 bits per heavy atom. The van der Waals surface area contributed by atoms with E-state index in [0.717, 1.165) is 23.6 Å². The Labute approximate surface area is 105 Å². The molecule has 8 heteroatoms. The molecule has 0 spiro atoms. The summed E-state index contributed by atoms with van der Waals surface area (Å²) >= 11 is 1.35. The monoisotopic (exact) mass is 280 g/mol. The first kappa shape index (κ1) is 13.1. The van der Waals surface area contributed by atoms with Gasteiger partial charge in [-0.25, -0.2) is 0 Å². The van der Waals surface area contributed by atoms with Crippen molar-refractivity contribution in [2.45, 2.75) is 25.3 Å². The van der Waals surface area contributed by atoms with E-state index in [4.69, 9.17) is 5.11 Å². The summed E-state index contributed by atoms with van der Waals surface area (Å²) in [6.45, 7) is 1.02. The van der Waals surface area contributed by atoms with Crippen molar-refractivity contribution >= 4 is 27.9 Å². The first-order chi connectivity index (χ1) is 8.03. The molecule has 0 aromatic heterocycles. The summed E-state index contributed by atoms with van der Waals surface area (Å²) in [5.74, 6) is -0.478. The van der Waals surface area contributed by atoms with Crippen LogP contribution in [0.3, 0.4) is 0 Å². The van der Waals surface area contributed by atoms with Crippen LogP contribution >= 0.6 is 11.8 Å². The van der Waals surface area contributed by atoms with Crippen molar-refractivity contribution in [1.82, 2.24) is 8.61 Å². The molecule has 2 heterocycles. The van der Waals surface area contributed by atoms with E-state index >= 15 is 0 Å². The number of aliphatic carboxylic acids is 1. The standard InChI is InChI=1S/C9H16N2O4S2/c12-9(13)8-6-16-7-11(8)17(14,15)10-4-2-1-3-5-10/h8H,1-7H2,(H,12,13). The van der Waals surface area contributed by atoms with Gasteiger partial charge in [-0.2, -0.15) is 17.0 Å². The van der Waals surface area contributed by atoms with Crippen LogP contribution in [0.5, 0.6) is 0 Å². The smallest absolute Gasteiger partial charge is 0.322 e. The molecule has 6 nitrogen and oxygen atoms in total.